The fourth-order valence-corrected chi connectivity index (χ4v) is 3.57. The van der Waals surface area contributed by atoms with Gasteiger partial charge in [-0.05, 0) is 12.8 Å². The van der Waals surface area contributed by atoms with Gasteiger partial charge in [0.15, 0.2) is 5.96 Å². The molecule has 166 valence electrons. The zero-order chi connectivity index (χ0) is 20.9. The fourth-order valence-electron chi connectivity index (χ4n) is 3.57. The zero-order valence-electron chi connectivity index (χ0n) is 18.5. The number of unbranched alkanes of at least 4 members (excludes halogenated alkanes) is 17. The second-order valence-corrected chi connectivity index (χ2v) is 8.31. The Morgan fingerprint density at radius 1 is 0.679 bits per heavy atom. The molecule has 0 saturated heterocycles. The van der Waals surface area contributed by atoms with Gasteiger partial charge in [-0.25, -0.2) is 0 Å². The highest BCUT2D eigenvalue weighted by atomic mass is 16.4. The summed E-state index contributed by atoms with van der Waals surface area (Å²) in [5, 5.41) is 15.9. The summed E-state index contributed by atoms with van der Waals surface area (Å²) in [6.45, 7) is 0.905. The maximum absolute atomic E-state index is 10.4. The third kappa shape index (κ3) is 21.0. The number of hydrogen-bond donors (Lipinski definition) is 3. The molecule has 4 N–H and O–H groups in total. The monoisotopic (exact) mass is 397 g/mol. The van der Waals surface area contributed by atoms with Gasteiger partial charge < -0.3 is 15.7 Å². The molecule has 0 atom stereocenters. The Bertz CT molecular complexity index is 375. The van der Waals surface area contributed by atoms with Gasteiger partial charge in [-0.15, -0.1) is 0 Å². The van der Waals surface area contributed by atoms with Crippen molar-refractivity contribution in [3.8, 4) is 0 Å². The first-order chi connectivity index (χ1) is 13.5. The van der Waals surface area contributed by atoms with Crippen LogP contribution in [0.3, 0.4) is 0 Å². The number of rotatable bonds is 21. The van der Waals surface area contributed by atoms with Crippen LogP contribution in [0.5, 0.6) is 0 Å². The molecule has 0 spiro atoms. The lowest BCUT2D eigenvalue weighted by atomic mass is 10.0. The summed E-state index contributed by atoms with van der Waals surface area (Å²) in [5.74, 6) is -0.490. The summed E-state index contributed by atoms with van der Waals surface area (Å²) in [4.78, 5) is 12.2. The Morgan fingerprint density at radius 2 is 0.964 bits per heavy atom. The van der Waals surface area contributed by atoms with E-state index in [4.69, 9.17) is 16.2 Å². The van der Waals surface area contributed by atoms with Gasteiger partial charge >= 0.3 is 5.97 Å². The summed E-state index contributed by atoms with van der Waals surface area (Å²) in [6, 6.07) is 0. The van der Waals surface area contributed by atoms with Gasteiger partial charge in [0.2, 0.25) is 0 Å². The number of nitrogens with zero attached hydrogens (tertiary/aromatic N) is 1. The van der Waals surface area contributed by atoms with Crippen LogP contribution in [-0.2, 0) is 4.79 Å². The lowest BCUT2D eigenvalue weighted by Crippen LogP contribution is -2.33. The molecule has 0 aromatic heterocycles. The van der Waals surface area contributed by atoms with Crippen molar-refractivity contribution in [1.82, 2.24) is 4.90 Å². The molecule has 0 amide bonds. The van der Waals surface area contributed by atoms with E-state index < -0.39 is 5.97 Å². The molecule has 0 radical (unpaired) electrons. The van der Waals surface area contributed by atoms with Crippen molar-refractivity contribution in [1.29, 1.82) is 5.41 Å². The van der Waals surface area contributed by atoms with Crippen LogP contribution >= 0.6 is 0 Å². The van der Waals surface area contributed by atoms with E-state index in [0.717, 1.165) is 25.8 Å². The molecule has 0 saturated carbocycles. The molecular weight excluding hydrogens is 350 g/mol. The minimum atomic E-state index is -0.661. The molecule has 0 heterocycles. The smallest absolute Gasteiger partial charge is 0.303 e. The van der Waals surface area contributed by atoms with Crippen LogP contribution in [0.4, 0.5) is 0 Å². The highest BCUT2D eigenvalue weighted by Crippen LogP contribution is 2.14. The van der Waals surface area contributed by atoms with E-state index in [9.17, 15) is 4.79 Å². The average molecular weight is 398 g/mol. The fraction of sp³-hybridized carbons (Fsp3) is 0.913. The lowest BCUT2D eigenvalue weighted by Gasteiger charge is -2.15. The number of nitrogens with one attached hydrogen (secondary N) is 1. The molecule has 0 rings (SSSR count). The van der Waals surface area contributed by atoms with Crippen molar-refractivity contribution in [2.24, 2.45) is 5.73 Å². The van der Waals surface area contributed by atoms with Gasteiger partial charge in [0.05, 0.1) is 0 Å². The van der Waals surface area contributed by atoms with Crippen LogP contribution in [0.2, 0.25) is 0 Å². The van der Waals surface area contributed by atoms with Crippen molar-refractivity contribution >= 4 is 11.9 Å². The average Bonchev–Trinajstić information content (AvgIpc) is 2.65. The molecule has 0 unspecified atom stereocenters. The van der Waals surface area contributed by atoms with Gasteiger partial charge in [-0.2, -0.15) is 0 Å². The number of carbonyl (C=O) groups is 1. The number of guanidine groups is 1. The van der Waals surface area contributed by atoms with Crippen LogP contribution in [0.15, 0.2) is 0 Å². The maximum Gasteiger partial charge on any atom is 0.303 e. The predicted molar refractivity (Wildman–Crippen MR) is 120 cm³/mol. The lowest BCUT2D eigenvalue weighted by molar-refractivity contribution is -0.137. The van der Waals surface area contributed by atoms with Gasteiger partial charge in [-0.3, -0.25) is 10.2 Å². The number of hydrogen-bond acceptors (Lipinski definition) is 2. The number of nitrogens with two attached hydrogens (primary N) is 1. The Morgan fingerprint density at radius 3 is 1.25 bits per heavy atom. The number of aliphatic carboxylic acids is 1. The van der Waals surface area contributed by atoms with E-state index in [2.05, 4.69) is 0 Å². The molecule has 0 aliphatic carbocycles. The van der Waals surface area contributed by atoms with Crippen LogP contribution in [0, 0.1) is 5.41 Å². The van der Waals surface area contributed by atoms with E-state index >= 15 is 0 Å². The van der Waals surface area contributed by atoms with E-state index in [1.165, 1.54) is 96.3 Å². The van der Waals surface area contributed by atoms with E-state index in [1.807, 2.05) is 11.9 Å². The Labute approximate surface area is 174 Å². The van der Waals surface area contributed by atoms with Crippen molar-refractivity contribution in [2.45, 2.75) is 122 Å². The number of carboxylic acid groups (broad SMARTS) is 1. The molecule has 0 aromatic carbocycles. The summed E-state index contributed by atoms with van der Waals surface area (Å²) in [5.41, 5.74) is 5.42. The first-order valence-corrected chi connectivity index (χ1v) is 11.8. The molecule has 5 nitrogen and oxygen atoms in total. The van der Waals surface area contributed by atoms with Crippen molar-refractivity contribution in [2.75, 3.05) is 13.6 Å². The minimum absolute atomic E-state index is 0.171. The highest BCUT2D eigenvalue weighted by molar-refractivity contribution is 5.74. The molecule has 5 heteroatoms. The third-order valence-corrected chi connectivity index (χ3v) is 5.55. The first kappa shape index (κ1) is 26.7. The van der Waals surface area contributed by atoms with Crippen molar-refractivity contribution in [3.05, 3.63) is 0 Å². The quantitative estimate of drug-likeness (QED) is 0.120. The third-order valence-electron chi connectivity index (χ3n) is 5.55. The van der Waals surface area contributed by atoms with Crippen LogP contribution in [0.1, 0.15) is 122 Å². The van der Waals surface area contributed by atoms with Crippen LogP contribution < -0.4 is 5.73 Å². The summed E-state index contributed by atoms with van der Waals surface area (Å²) >= 11 is 0. The normalized spacial score (nSPS) is 10.9. The zero-order valence-corrected chi connectivity index (χ0v) is 18.5. The van der Waals surface area contributed by atoms with Gasteiger partial charge in [0, 0.05) is 20.0 Å². The summed E-state index contributed by atoms with van der Waals surface area (Å²) in [7, 11) is 1.88. The van der Waals surface area contributed by atoms with Crippen LogP contribution in [0.25, 0.3) is 0 Å². The summed E-state index contributed by atoms with van der Waals surface area (Å²) in [6.07, 6.45) is 23.5. The molecule has 0 bridgehead atoms. The SMILES string of the molecule is CN(CCCCCCCCCCCCCCCCCCCCC(=O)O)C(=N)N. The van der Waals surface area contributed by atoms with Gasteiger partial charge in [-0.1, -0.05) is 103 Å². The molecule has 0 aromatic rings. The molecule has 0 aliphatic rings. The van der Waals surface area contributed by atoms with Gasteiger partial charge in [0.1, 0.15) is 0 Å². The first-order valence-electron chi connectivity index (χ1n) is 11.8. The Kier molecular flexibility index (Phi) is 19.6. The largest absolute Gasteiger partial charge is 0.481 e. The van der Waals surface area contributed by atoms with Crippen LogP contribution in [-0.4, -0.2) is 35.5 Å². The highest BCUT2D eigenvalue weighted by Gasteiger charge is 1.99. The van der Waals surface area contributed by atoms with E-state index in [0.29, 0.717) is 6.42 Å². The summed E-state index contributed by atoms with van der Waals surface area (Å²) < 4.78 is 0. The molecule has 0 aliphatic heterocycles. The number of carboxylic acids is 1. The second kappa shape index (κ2) is 20.5. The maximum atomic E-state index is 10.4. The molecule has 28 heavy (non-hydrogen) atoms. The van der Waals surface area contributed by atoms with Crippen molar-refractivity contribution < 1.29 is 9.90 Å². The van der Waals surface area contributed by atoms with Crippen molar-refractivity contribution in [3.63, 3.8) is 0 Å². The molecular formula is C23H47N3O2. The topological polar surface area (TPSA) is 90.4 Å². The Balaban J connectivity index is 3.07. The van der Waals surface area contributed by atoms with E-state index in [1.54, 1.807) is 0 Å². The Hall–Kier alpha value is -1.26. The predicted octanol–water partition coefficient (Wildman–Crippen LogP) is 6.31. The minimum Gasteiger partial charge on any atom is -0.481 e. The van der Waals surface area contributed by atoms with E-state index in [-0.39, 0.29) is 5.96 Å². The van der Waals surface area contributed by atoms with Gasteiger partial charge in [0.25, 0.3) is 0 Å². The second-order valence-electron chi connectivity index (χ2n) is 8.31. The molecule has 0 fully saturated rings. The standard InChI is InChI=1S/C23H47N3O2/c1-26(23(24)25)21-19-17-15-13-11-9-7-5-3-2-4-6-8-10-12-14-16-18-20-22(27)28/h2-21H2,1H3,(H3,24,25)(H,27,28).